The largest absolute Gasteiger partial charge is 0.508 e. The van der Waals surface area contributed by atoms with E-state index in [2.05, 4.69) is 0 Å². The Morgan fingerprint density at radius 2 is 1.93 bits per heavy atom. The summed E-state index contributed by atoms with van der Waals surface area (Å²) in [6.45, 7) is 1.89. The molecule has 2 rings (SSSR count). The van der Waals surface area contributed by atoms with Crippen LogP contribution in [0.25, 0.3) is 0 Å². The van der Waals surface area contributed by atoms with Crippen LogP contribution < -0.4 is 5.73 Å². The molecule has 3 N–H and O–H groups in total. The highest BCUT2D eigenvalue weighted by molar-refractivity contribution is 6.32. The third-order valence-corrected chi connectivity index (χ3v) is 3.77. The zero-order valence-corrected chi connectivity index (χ0v) is 9.64. The van der Waals surface area contributed by atoms with E-state index in [0.29, 0.717) is 5.02 Å². The number of halogens is 1. The molecule has 15 heavy (non-hydrogen) atoms. The number of benzene rings is 1. The molecule has 2 nitrogen and oxygen atoms in total. The third kappa shape index (κ3) is 1.84. The molecule has 0 heterocycles. The molecule has 1 saturated carbocycles. The summed E-state index contributed by atoms with van der Waals surface area (Å²) < 4.78 is 0. The van der Waals surface area contributed by atoms with Gasteiger partial charge in [-0.1, -0.05) is 24.4 Å². The van der Waals surface area contributed by atoms with E-state index in [1.807, 2.05) is 6.92 Å². The lowest BCUT2D eigenvalue weighted by Crippen LogP contribution is -2.33. The van der Waals surface area contributed by atoms with Crippen molar-refractivity contribution in [2.24, 2.45) is 5.73 Å². The van der Waals surface area contributed by atoms with Crippen LogP contribution in [0.5, 0.6) is 5.75 Å². The Morgan fingerprint density at radius 3 is 2.53 bits per heavy atom. The fourth-order valence-corrected chi connectivity index (χ4v) is 2.69. The predicted molar refractivity (Wildman–Crippen MR) is 62.2 cm³/mol. The summed E-state index contributed by atoms with van der Waals surface area (Å²) in [5, 5.41) is 10.3. The van der Waals surface area contributed by atoms with Crippen LogP contribution in [0, 0.1) is 6.92 Å². The maximum Gasteiger partial charge on any atom is 0.116 e. The van der Waals surface area contributed by atoms with Gasteiger partial charge in [0.2, 0.25) is 0 Å². The van der Waals surface area contributed by atoms with Gasteiger partial charge in [0.1, 0.15) is 5.75 Å². The number of aromatic hydroxyl groups is 1. The quantitative estimate of drug-likeness (QED) is 0.772. The average molecular weight is 226 g/mol. The second-order valence-electron chi connectivity index (χ2n) is 4.49. The number of hydrogen-bond donors (Lipinski definition) is 2. The molecule has 0 aromatic heterocycles. The highest BCUT2D eigenvalue weighted by atomic mass is 35.5. The van der Waals surface area contributed by atoms with Crippen LogP contribution in [0.4, 0.5) is 0 Å². The van der Waals surface area contributed by atoms with Crippen molar-refractivity contribution in [3.8, 4) is 5.75 Å². The van der Waals surface area contributed by atoms with E-state index in [9.17, 15) is 5.11 Å². The minimum Gasteiger partial charge on any atom is -0.508 e. The predicted octanol–water partition coefficient (Wildman–Crippen LogP) is 3.08. The Bertz CT molecular complexity index is 383. The molecule has 0 saturated heterocycles. The molecule has 0 amide bonds. The fourth-order valence-electron chi connectivity index (χ4n) is 2.39. The van der Waals surface area contributed by atoms with Crippen LogP contribution in [0.2, 0.25) is 5.02 Å². The highest BCUT2D eigenvalue weighted by Gasteiger charge is 2.33. The van der Waals surface area contributed by atoms with Crippen LogP contribution >= 0.6 is 11.6 Å². The van der Waals surface area contributed by atoms with Gasteiger partial charge < -0.3 is 10.8 Å². The Kier molecular flexibility index (Phi) is 2.65. The molecular weight excluding hydrogens is 210 g/mol. The van der Waals surface area contributed by atoms with Crippen LogP contribution in [-0.4, -0.2) is 5.11 Å². The van der Waals surface area contributed by atoms with Crippen molar-refractivity contribution in [3.63, 3.8) is 0 Å². The molecule has 1 aromatic rings. The minimum absolute atomic E-state index is 0.253. The van der Waals surface area contributed by atoms with Crippen molar-refractivity contribution in [3.05, 3.63) is 28.3 Å². The number of aryl methyl sites for hydroxylation is 1. The van der Waals surface area contributed by atoms with E-state index in [1.54, 1.807) is 12.1 Å². The number of rotatable bonds is 1. The lowest BCUT2D eigenvalue weighted by Gasteiger charge is -2.26. The van der Waals surface area contributed by atoms with Crippen LogP contribution in [-0.2, 0) is 5.54 Å². The molecule has 0 aliphatic heterocycles. The molecule has 0 unspecified atom stereocenters. The Balaban J connectivity index is 2.51. The lowest BCUT2D eigenvalue weighted by molar-refractivity contribution is 0.446. The van der Waals surface area contributed by atoms with E-state index in [-0.39, 0.29) is 11.3 Å². The summed E-state index contributed by atoms with van der Waals surface area (Å²) >= 11 is 6.24. The Hall–Kier alpha value is -0.730. The van der Waals surface area contributed by atoms with Crippen LogP contribution in [0.1, 0.15) is 36.8 Å². The molecule has 0 atom stereocenters. The molecular formula is C12H16ClNO. The van der Waals surface area contributed by atoms with Gasteiger partial charge in [-0.2, -0.15) is 0 Å². The van der Waals surface area contributed by atoms with Gasteiger partial charge >= 0.3 is 0 Å². The number of hydrogen-bond acceptors (Lipinski definition) is 2. The summed E-state index contributed by atoms with van der Waals surface area (Å²) in [6, 6.07) is 3.38. The van der Waals surface area contributed by atoms with Crippen molar-refractivity contribution in [2.75, 3.05) is 0 Å². The molecule has 1 aliphatic carbocycles. The van der Waals surface area contributed by atoms with Gasteiger partial charge in [0.05, 0.1) is 0 Å². The summed E-state index contributed by atoms with van der Waals surface area (Å²) in [4.78, 5) is 0. The summed E-state index contributed by atoms with van der Waals surface area (Å²) in [7, 11) is 0. The second-order valence-corrected chi connectivity index (χ2v) is 4.87. The van der Waals surface area contributed by atoms with E-state index >= 15 is 0 Å². The topological polar surface area (TPSA) is 46.2 Å². The maximum atomic E-state index is 9.58. The maximum absolute atomic E-state index is 9.58. The van der Waals surface area contributed by atoms with E-state index in [0.717, 1.165) is 36.8 Å². The zero-order chi connectivity index (χ0) is 11.1. The van der Waals surface area contributed by atoms with E-state index < -0.39 is 0 Å². The number of phenols is 1. The first kappa shape index (κ1) is 10.8. The Labute approximate surface area is 95.1 Å². The SMILES string of the molecule is Cc1cc(O)cc(C2(N)CCCC2)c1Cl. The molecule has 1 aromatic carbocycles. The summed E-state index contributed by atoms with van der Waals surface area (Å²) in [6.07, 6.45) is 4.19. The van der Waals surface area contributed by atoms with E-state index in [4.69, 9.17) is 17.3 Å². The Morgan fingerprint density at radius 1 is 1.33 bits per heavy atom. The summed E-state index contributed by atoms with van der Waals surface area (Å²) in [5.74, 6) is 0.253. The fraction of sp³-hybridized carbons (Fsp3) is 0.500. The zero-order valence-electron chi connectivity index (χ0n) is 8.89. The molecule has 3 heteroatoms. The van der Waals surface area contributed by atoms with E-state index in [1.165, 1.54) is 0 Å². The first-order chi connectivity index (χ1) is 7.03. The smallest absolute Gasteiger partial charge is 0.116 e. The molecule has 0 bridgehead atoms. The molecule has 0 radical (unpaired) electrons. The van der Waals surface area contributed by atoms with Crippen LogP contribution in [0.15, 0.2) is 12.1 Å². The monoisotopic (exact) mass is 225 g/mol. The number of nitrogens with two attached hydrogens (primary N) is 1. The normalized spacial score (nSPS) is 19.4. The first-order valence-electron chi connectivity index (χ1n) is 5.31. The van der Waals surface area contributed by atoms with Crippen molar-refractivity contribution < 1.29 is 5.11 Å². The van der Waals surface area contributed by atoms with Gasteiger partial charge in [-0.25, -0.2) is 0 Å². The summed E-state index contributed by atoms with van der Waals surface area (Å²) in [5.41, 5.74) is 7.78. The van der Waals surface area contributed by atoms with Gasteiger partial charge in [0.15, 0.2) is 0 Å². The first-order valence-corrected chi connectivity index (χ1v) is 5.69. The minimum atomic E-state index is -0.333. The molecule has 82 valence electrons. The lowest BCUT2D eigenvalue weighted by atomic mass is 9.88. The van der Waals surface area contributed by atoms with Gasteiger partial charge in [0.25, 0.3) is 0 Å². The standard InChI is InChI=1S/C12H16ClNO/c1-8-6-9(15)7-10(11(8)13)12(14)4-2-3-5-12/h6-7,15H,2-5,14H2,1H3. The van der Waals surface area contributed by atoms with Crippen molar-refractivity contribution in [1.82, 2.24) is 0 Å². The average Bonchev–Trinajstić information content (AvgIpc) is 2.59. The van der Waals surface area contributed by atoms with Gasteiger partial charge in [-0.3, -0.25) is 0 Å². The van der Waals surface area contributed by atoms with Gasteiger partial charge in [0, 0.05) is 10.6 Å². The van der Waals surface area contributed by atoms with Crippen LogP contribution in [0.3, 0.4) is 0 Å². The molecule has 1 fully saturated rings. The highest BCUT2D eigenvalue weighted by Crippen LogP contribution is 2.41. The van der Waals surface area contributed by atoms with Crippen molar-refractivity contribution in [2.45, 2.75) is 38.1 Å². The molecule has 1 aliphatic rings. The number of phenolic OH excluding ortho intramolecular Hbond substituents is 1. The van der Waals surface area contributed by atoms with Crippen molar-refractivity contribution >= 4 is 11.6 Å². The molecule has 0 spiro atoms. The second kappa shape index (κ2) is 3.69. The van der Waals surface area contributed by atoms with Gasteiger partial charge in [-0.05, 0) is 43.0 Å². The third-order valence-electron chi connectivity index (χ3n) is 3.27. The van der Waals surface area contributed by atoms with Crippen molar-refractivity contribution in [1.29, 1.82) is 0 Å². The van der Waals surface area contributed by atoms with Gasteiger partial charge in [-0.15, -0.1) is 0 Å².